The van der Waals surface area contributed by atoms with Crippen LogP contribution >= 0.6 is 0 Å². The molecule has 4 nitrogen and oxygen atoms in total. The zero-order chi connectivity index (χ0) is 25.3. The molecule has 1 amide bonds. The molecule has 0 aromatic heterocycles. The van der Waals surface area contributed by atoms with Gasteiger partial charge in [0.05, 0.1) is 0 Å². The van der Waals surface area contributed by atoms with E-state index in [1.807, 2.05) is 36.4 Å². The molecular formula is C32H44N2O2. The van der Waals surface area contributed by atoms with E-state index >= 15 is 0 Å². The minimum absolute atomic E-state index is 0.0647. The van der Waals surface area contributed by atoms with Crippen molar-refractivity contribution in [2.75, 3.05) is 26.2 Å². The quantitative estimate of drug-likeness (QED) is 0.466. The predicted octanol–water partition coefficient (Wildman–Crippen LogP) is 6.42. The first-order valence-corrected chi connectivity index (χ1v) is 14.3. The molecule has 1 heterocycles. The third kappa shape index (κ3) is 4.47. The Morgan fingerprint density at radius 2 is 1.89 bits per heavy atom. The van der Waals surface area contributed by atoms with Gasteiger partial charge in [0.2, 0.25) is 0 Å². The van der Waals surface area contributed by atoms with Gasteiger partial charge in [0, 0.05) is 30.1 Å². The van der Waals surface area contributed by atoms with Gasteiger partial charge in [-0.15, -0.1) is 0 Å². The number of carbonyl (C=O) groups is 1. The average molecular weight is 489 g/mol. The maximum atomic E-state index is 13.5. The highest BCUT2D eigenvalue weighted by Crippen LogP contribution is 2.64. The Morgan fingerprint density at radius 3 is 2.64 bits per heavy atom. The maximum Gasteiger partial charge on any atom is 0.253 e. The molecule has 3 unspecified atom stereocenters. The Labute approximate surface area is 217 Å². The van der Waals surface area contributed by atoms with Crippen LogP contribution in [0.15, 0.2) is 48.5 Å². The molecule has 4 heteroatoms. The number of unbranched alkanes of at least 4 members (excludes halogenated alkanes) is 1. The lowest BCUT2D eigenvalue weighted by Gasteiger charge is -2.43. The third-order valence-corrected chi connectivity index (χ3v) is 9.70. The first-order chi connectivity index (χ1) is 17.4. The molecule has 2 aromatic rings. The highest BCUT2D eigenvalue weighted by atomic mass is 16.3. The average Bonchev–Trinajstić information content (AvgIpc) is 3.04. The van der Waals surface area contributed by atoms with Gasteiger partial charge in [0.25, 0.3) is 5.91 Å². The molecule has 1 aliphatic heterocycles. The van der Waals surface area contributed by atoms with Crippen LogP contribution in [0.25, 0.3) is 0 Å². The molecule has 3 aliphatic rings. The summed E-state index contributed by atoms with van der Waals surface area (Å²) in [7, 11) is 0. The Balaban J connectivity index is 1.48. The van der Waals surface area contributed by atoms with Gasteiger partial charge in [-0.3, -0.25) is 4.79 Å². The highest BCUT2D eigenvalue weighted by molar-refractivity contribution is 5.94. The van der Waals surface area contributed by atoms with Crippen LogP contribution in [0.4, 0.5) is 0 Å². The molecule has 1 N–H and O–H groups in total. The molecule has 194 valence electrons. The lowest BCUT2D eigenvalue weighted by Crippen LogP contribution is -2.40. The predicted molar refractivity (Wildman–Crippen MR) is 146 cm³/mol. The van der Waals surface area contributed by atoms with Crippen LogP contribution in [0.3, 0.4) is 0 Å². The number of hydrogen-bond acceptors (Lipinski definition) is 3. The molecule has 4 atom stereocenters. The Hall–Kier alpha value is -2.33. The number of carbonyl (C=O) groups excluding carboxylic acids is 1. The monoisotopic (exact) mass is 488 g/mol. The van der Waals surface area contributed by atoms with Crippen LogP contribution in [0.5, 0.6) is 5.75 Å². The first-order valence-electron chi connectivity index (χ1n) is 14.3. The molecule has 1 saturated heterocycles. The van der Waals surface area contributed by atoms with Gasteiger partial charge in [0.15, 0.2) is 0 Å². The summed E-state index contributed by atoms with van der Waals surface area (Å²) >= 11 is 0. The second-order valence-corrected chi connectivity index (χ2v) is 12.1. The van der Waals surface area contributed by atoms with E-state index in [2.05, 4.69) is 42.7 Å². The lowest BCUT2D eigenvalue weighted by molar-refractivity contribution is 0.0719. The topological polar surface area (TPSA) is 43.8 Å². The molecule has 0 radical (unpaired) electrons. The summed E-state index contributed by atoms with van der Waals surface area (Å²) in [6.07, 6.45) is 9.03. The fourth-order valence-corrected chi connectivity index (χ4v) is 8.12. The first kappa shape index (κ1) is 25.3. The number of nitrogens with zero attached hydrogens (tertiary/aromatic N) is 2. The van der Waals surface area contributed by atoms with Gasteiger partial charge in [0.1, 0.15) is 5.75 Å². The van der Waals surface area contributed by atoms with E-state index in [0.717, 1.165) is 63.7 Å². The van der Waals surface area contributed by atoms with Crippen molar-refractivity contribution in [3.8, 4) is 5.75 Å². The lowest BCUT2D eigenvalue weighted by atomic mass is 9.60. The van der Waals surface area contributed by atoms with Crippen LogP contribution < -0.4 is 0 Å². The number of phenols is 1. The Morgan fingerprint density at radius 1 is 1.08 bits per heavy atom. The van der Waals surface area contributed by atoms with Crippen LogP contribution in [0.1, 0.15) is 87.2 Å². The van der Waals surface area contributed by atoms with Gasteiger partial charge >= 0.3 is 0 Å². The second kappa shape index (κ2) is 10.2. The van der Waals surface area contributed by atoms with E-state index in [4.69, 9.17) is 0 Å². The molecule has 5 rings (SSSR count). The largest absolute Gasteiger partial charge is 0.508 e. The smallest absolute Gasteiger partial charge is 0.253 e. The van der Waals surface area contributed by atoms with Gasteiger partial charge < -0.3 is 14.9 Å². The normalized spacial score (nSPS) is 29.3. The third-order valence-electron chi connectivity index (χ3n) is 9.70. The number of amides is 1. The molecular weight excluding hydrogens is 444 g/mol. The summed E-state index contributed by atoms with van der Waals surface area (Å²) in [5.74, 6) is 1.05. The number of phenolic OH excluding ortho intramolecular Hbond substituents is 1. The zero-order valence-corrected chi connectivity index (χ0v) is 22.5. The van der Waals surface area contributed by atoms with Gasteiger partial charge in [-0.05, 0) is 105 Å². The summed E-state index contributed by atoms with van der Waals surface area (Å²) in [6.45, 7) is 11.0. The van der Waals surface area contributed by atoms with Crippen LogP contribution in [0.2, 0.25) is 0 Å². The maximum absolute atomic E-state index is 13.5. The molecule has 2 fully saturated rings. The van der Waals surface area contributed by atoms with Crippen molar-refractivity contribution >= 4 is 5.91 Å². The molecule has 36 heavy (non-hydrogen) atoms. The van der Waals surface area contributed by atoms with Gasteiger partial charge in [-0.2, -0.15) is 0 Å². The molecule has 2 aliphatic carbocycles. The number of likely N-dealkylation sites (tertiary alicyclic amines) is 1. The van der Waals surface area contributed by atoms with Crippen LogP contribution in [0, 0.1) is 11.3 Å². The molecule has 1 saturated carbocycles. The van der Waals surface area contributed by atoms with E-state index in [-0.39, 0.29) is 16.7 Å². The van der Waals surface area contributed by atoms with E-state index in [9.17, 15) is 9.90 Å². The zero-order valence-electron chi connectivity index (χ0n) is 22.5. The standard InChI is InChI=1S/C32H44N2O2/c1-4-6-16-34(30(36)25-10-8-7-9-11-25)23-24-20-31(3)22-27-18-26-12-13-28(35)19-29(26)32(31,21-24)14-17-33(27)15-5-2/h7-13,19,24,27,35H,4-6,14-18,20-23H2,1-3H3/t24-,27?,31?,32?/m0/s1. The van der Waals surface area contributed by atoms with E-state index in [1.165, 1.54) is 30.5 Å². The van der Waals surface area contributed by atoms with Crippen molar-refractivity contribution in [3.05, 3.63) is 65.2 Å². The van der Waals surface area contributed by atoms with Crippen molar-refractivity contribution in [2.24, 2.45) is 11.3 Å². The SMILES string of the molecule is CCCCN(C[C@H]1CC2(C)CC3Cc4ccc(O)cc4C2(CCN3CCC)C1)C(=O)c1ccccc1. The summed E-state index contributed by atoms with van der Waals surface area (Å²) in [6, 6.07) is 16.5. The van der Waals surface area contributed by atoms with E-state index in [1.54, 1.807) is 0 Å². The fourth-order valence-electron chi connectivity index (χ4n) is 8.12. The summed E-state index contributed by atoms with van der Waals surface area (Å²) in [4.78, 5) is 18.4. The number of rotatable bonds is 8. The van der Waals surface area contributed by atoms with E-state index in [0.29, 0.717) is 17.7 Å². The fraction of sp³-hybridized carbons (Fsp3) is 0.594. The van der Waals surface area contributed by atoms with Gasteiger partial charge in [-0.25, -0.2) is 0 Å². The van der Waals surface area contributed by atoms with Gasteiger partial charge in [-0.1, -0.05) is 51.5 Å². The van der Waals surface area contributed by atoms with E-state index < -0.39 is 0 Å². The van der Waals surface area contributed by atoms with Crippen molar-refractivity contribution in [2.45, 2.75) is 83.6 Å². The number of aromatic hydroxyl groups is 1. The molecule has 0 spiro atoms. The number of benzene rings is 2. The van der Waals surface area contributed by atoms with Crippen LogP contribution in [-0.2, 0) is 11.8 Å². The van der Waals surface area contributed by atoms with Crippen molar-refractivity contribution in [1.82, 2.24) is 9.80 Å². The number of hydrogen-bond donors (Lipinski definition) is 1. The molecule has 2 bridgehead atoms. The Bertz CT molecular complexity index is 1070. The van der Waals surface area contributed by atoms with Crippen molar-refractivity contribution in [3.63, 3.8) is 0 Å². The summed E-state index contributed by atoms with van der Waals surface area (Å²) in [5.41, 5.74) is 3.88. The minimum atomic E-state index is 0.0647. The Kier molecular flexibility index (Phi) is 7.18. The summed E-state index contributed by atoms with van der Waals surface area (Å²) in [5, 5.41) is 10.6. The minimum Gasteiger partial charge on any atom is -0.508 e. The second-order valence-electron chi connectivity index (χ2n) is 12.1. The van der Waals surface area contributed by atoms with Crippen molar-refractivity contribution < 1.29 is 9.90 Å². The van der Waals surface area contributed by atoms with Crippen LogP contribution in [-0.4, -0.2) is 53.0 Å². The summed E-state index contributed by atoms with van der Waals surface area (Å²) < 4.78 is 0. The molecule has 2 aromatic carbocycles. The van der Waals surface area contributed by atoms with Crippen molar-refractivity contribution in [1.29, 1.82) is 0 Å². The number of fused-ring (bicyclic) bond motifs is 2. The highest BCUT2D eigenvalue weighted by Gasteiger charge is 2.60.